The van der Waals surface area contributed by atoms with E-state index >= 15 is 0 Å². The zero-order valence-corrected chi connectivity index (χ0v) is 10.8. The Labute approximate surface area is 114 Å². The maximum Gasteiger partial charge on any atom is 0.347 e. The summed E-state index contributed by atoms with van der Waals surface area (Å²) in [6, 6.07) is 10.9. The van der Waals surface area contributed by atoms with Gasteiger partial charge in [0.1, 0.15) is 5.82 Å². The van der Waals surface area contributed by atoms with Gasteiger partial charge in [0.05, 0.1) is 11.7 Å². The first-order valence-corrected chi connectivity index (χ1v) is 6.15. The summed E-state index contributed by atoms with van der Waals surface area (Å²) in [7, 11) is 0. The number of rotatable bonds is 1. The minimum Gasteiger partial charge on any atom is -0.306 e. The van der Waals surface area contributed by atoms with Crippen LogP contribution in [-0.2, 0) is 0 Å². The van der Waals surface area contributed by atoms with Gasteiger partial charge in [-0.3, -0.25) is 0 Å². The second kappa shape index (κ2) is 4.77. The average molecular weight is 269 g/mol. The van der Waals surface area contributed by atoms with Gasteiger partial charge >= 0.3 is 6.03 Å². The predicted octanol–water partition coefficient (Wildman–Crippen LogP) is 3.56. The molecule has 100 valence electrons. The molecule has 20 heavy (non-hydrogen) atoms. The third-order valence-electron chi connectivity index (χ3n) is 3.12. The van der Waals surface area contributed by atoms with Gasteiger partial charge in [0.2, 0.25) is 0 Å². The number of carbonyl (C=O) groups is 1. The summed E-state index contributed by atoms with van der Waals surface area (Å²) in [6.07, 6.45) is 1.66. The molecule has 1 aromatic heterocycles. The molecule has 0 aliphatic rings. The Balaban J connectivity index is 1.93. The van der Waals surface area contributed by atoms with Crippen molar-refractivity contribution >= 4 is 22.6 Å². The zero-order valence-electron chi connectivity index (χ0n) is 10.8. The molecule has 0 unspecified atom stereocenters. The highest BCUT2D eigenvalue weighted by Crippen LogP contribution is 2.18. The highest BCUT2D eigenvalue weighted by molar-refractivity contribution is 5.97. The van der Waals surface area contributed by atoms with Crippen LogP contribution in [0.5, 0.6) is 0 Å². The molecule has 0 radical (unpaired) electrons. The molecule has 4 nitrogen and oxygen atoms in total. The van der Waals surface area contributed by atoms with E-state index in [0.717, 1.165) is 16.5 Å². The molecular formula is C15H12FN3O. The Morgan fingerprint density at radius 2 is 1.95 bits per heavy atom. The molecule has 1 heterocycles. The monoisotopic (exact) mass is 269 g/mol. The van der Waals surface area contributed by atoms with Gasteiger partial charge in [-0.25, -0.2) is 9.18 Å². The van der Waals surface area contributed by atoms with Crippen LogP contribution in [-0.4, -0.2) is 15.8 Å². The van der Waals surface area contributed by atoms with Crippen molar-refractivity contribution in [1.82, 2.24) is 9.78 Å². The fourth-order valence-electron chi connectivity index (χ4n) is 2.07. The fourth-order valence-corrected chi connectivity index (χ4v) is 2.07. The smallest absolute Gasteiger partial charge is 0.306 e. The molecule has 3 aromatic rings. The fraction of sp³-hybridized carbons (Fsp3) is 0.0667. The van der Waals surface area contributed by atoms with Crippen molar-refractivity contribution in [1.29, 1.82) is 0 Å². The van der Waals surface area contributed by atoms with Crippen LogP contribution in [0, 0.1) is 12.7 Å². The molecule has 0 bridgehead atoms. The number of nitrogens with zero attached hydrogens (tertiary/aromatic N) is 2. The van der Waals surface area contributed by atoms with Gasteiger partial charge in [-0.05, 0) is 42.8 Å². The van der Waals surface area contributed by atoms with Crippen molar-refractivity contribution in [2.45, 2.75) is 6.92 Å². The third-order valence-corrected chi connectivity index (χ3v) is 3.12. The Morgan fingerprint density at radius 3 is 2.70 bits per heavy atom. The largest absolute Gasteiger partial charge is 0.347 e. The van der Waals surface area contributed by atoms with Crippen LogP contribution in [0.3, 0.4) is 0 Å². The summed E-state index contributed by atoms with van der Waals surface area (Å²) in [5.74, 6) is -0.344. The SMILES string of the molecule is Cc1cccc2c1cnn2C(=O)Nc1ccc(F)cc1. The van der Waals surface area contributed by atoms with Crippen LogP contribution >= 0.6 is 0 Å². The minimum absolute atomic E-state index is 0.344. The number of amides is 1. The molecule has 0 saturated carbocycles. The van der Waals surface area contributed by atoms with Crippen LogP contribution in [0.15, 0.2) is 48.7 Å². The summed E-state index contributed by atoms with van der Waals surface area (Å²) in [4.78, 5) is 12.2. The molecule has 0 aliphatic heterocycles. The molecule has 0 saturated heterocycles. The van der Waals surface area contributed by atoms with Gasteiger partial charge in [-0.15, -0.1) is 0 Å². The molecule has 0 aliphatic carbocycles. The average Bonchev–Trinajstić information content (AvgIpc) is 2.87. The van der Waals surface area contributed by atoms with Crippen molar-refractivity contribution < 1.29 is 9.18 Å². The van der Waals surface area contributed by atoms with Crippen molar-refractivity contribution in [2.24, 2.45) is 0 Å². The lowest BCUT2D eigenvalue weighted by molar-refractivity contribution is 0.252. The van der Waals surface area contributed by atoms with E-state index in [2.05, 4.69) is 10.4 Å². The summed E-state index contributed by atoms with van der Waals surface area (Å²) in [5.41, 5.74) is 2.32. The van der Waals surface area contributed by atoms with Gasteiger partial charge in [-0.1, -0.05) is 12.1 Å². The number of aryl methyl sites for hydroxylation is 1. The molecule has 2 aromatic carbocycles. The number of aromatic nitrogens is 2. The molecule has 5 heteroatoms. The van der Waals surface area contributed by atoms with Gasteiger partial charge in [-0.2, -0.15) is 9.78 Å². The first-order chi connectivity index (χ1) is 9.65. The lowest BCUT2D eigenvalue weighted by Gasteiger charge is -2.06. The number of anilines is 1. The van der Waals surface area contributed by atoms with Crippen LogP contribution < -0.4 is 5.32 Å². The molecule has 0 fully saturated rings. The predicted molar refractivity (Wildman–Crippen MR) is 75.3 cm³/mol. The maximum absolute atomic E-state index is 12.8. The van der Waals surface area contributed by atoms with Crippen LogP contribution in [0.25, 0.3) is 10.9 Å². The lowest BCUT2D eigenvalue weighted by atomic mass is 10.1. The van der Waals surface area contributed by atoms with E-state index < -0.39 is 0 Å². The van der Waals surface area contributed by atoms with Crippen molar-refractivity contribution in [3.8, 4) is 0 Å². The number of nitrogens with one attached hydrogen (secondary N) is 1. The van der Waals surface area contributed by atoms with E-state index in [1.165, 1.54) is 28.9 Å². The Morgan fingerprint density at radius 1 is 1.20 bits per heavy atom. The molecule has 3 rings (SSSR count). The number of hydrogen-bond donors (Lipinski definition) is 1. The first kappa shape index (κ1) is 12.3. The third kappa shape index (κ3) is 2.14. The maximum atomic E-state index is 12.8. The highest BCUT2D eigenvalue weighted by atomic mass is 19.1. The summed E-state index contributed by atoms with van der Waals surface area (Å²) >= 11 is 0. The molecule has 0 spiro atoms. The Hall–Kier alpha value is -2.69. The standard InChI is InChI=1S/C15H12FN3O/c1-10-3-2-4-14-13(10)9-17-19(14)15(20)18-12-7-5-11(16)6-8-12/h2-9H,1H3,(H,18,20). The van der Waals surface area contributed by atoms with E-state index in [4.69, 9.17) is 0 Å². The van der Waals surface area contributed by atoms with Crippen LogP contribution in [0.4, 0.5) is 14.9 Å². The van der Waals surface area contributed by atoms with E-state index in [1.807, 2.05) is 25.1 Å². The van der Waals surface area contributed by atoms with Gasteiger partial charge in [0.25, 0.3) is 0 Å². The lowest BCUT2D eigenvalue weighted by Crippen LogP contribution is -2.20. The molecule has 1 amide bonds. The quantitative estimate of drug-likeness (QED) is 0.734. The van der Waals surface area contributed by atoms with Crippen molar-refractivity contribution in [2.75, 3.05) is 5.32 Å². The first-order valence-electron chi connectivity index (χ1n) is 6.15. The van der Waals surface area contributed by atoms with Gasteiger partial charge < -0.3 is 5.32 Å². The summed E-state index contributed by atoms with van der Waals surface area (Å²) < 4.78 is 14.1. The van der Waals surface area contributed by atoms with Crippen LogP contribution in [0.2, 0.25) is 0 Å². The normalized spacial score (nSPS) is 10.7. The van der Waals surface area contributed by atoms with Gasteiger partial charge in [0.15, 0.2) is 0 Å². The number of halogens is 1. The summed E-state index contributed by atoms with van der Waals surface area (Å²) in [5, 5.41) is 7.71. The number of hydrogen-bond acceptors (Lipinski definition) is 2. The second-order valence-corrected chi connectivity index (χ2v) is 4.50. The van der Waals surface area contributed by atoms with Crippen LogP contribution in [0.1, 0.15) is 5.56 Å². The molecule has 0 atom stereocenters. The van der Waals surface area contributed by atoms with E-state index in [9.17, 15) is 9.18 Å². The van der Waals surface area contributed by atoms with E-state index in [-0.39, 0.29) is 11.8 Å². The molecular weight excluding hydrogens is 257 g/mol. The van der Waals surface area contributed by atoms with E-state index in [0.29, 0.717) is 5.69 Å². The highest BCUT2D eigenvalue weighted by Gasteiger charge is 2.11. The number of fused-ring (bicyclic) bond motifs is 1. The zero-order chi connectivity index (χ0) is 14.1. The van der Waals surface area contributed by atoms with Gasteiger partial charge in [0, 0.05) is 11.1 Å². The topological polar surface area (TPSA) is 46.9 Å². The number of carbonyl (C=O) groups excluding carboxylic acids is 1. The Kier molecular flexibility index (Phi) is 2.95. The number of benzene rings is 2. The Bertz CT molecular complexity index is 777. The van der Waals surface area contributed by atoms with E-state index in [1.54, 1.807) is 6.20 Å². The second-order valence-electron chi connectivity index (χ2n) is 4.50. The summed E-state index contributed by atoms with van der Waals surface area (Å²) in [6.45, 7) is 1.96. The minimum atomic E-state index is -0.378. The molecule has 1 N–H and O–H groups in total. The van der Waals surface area contributed by atoms with Crippen molar-refractivity contribution in [3.05, 3.63) is 60.0 Å². The van der Waals surface area contributed by atoms with Crippen molar-refractivity contribution in [3.63, 3.8) is 0 Å².